The first-order valence-corrected chi connectivity index (χ1v) is 7.69. The molecule has 0 aromatic heterocycles. The normalized spacial score (nSPS) is 26.3. The Labute approximate surface area is 108 Å². The molecular formula is C12H24N2O2S. The van der Waals surface area contributed by atoms with Crippen LogP contribution in [0.4, 0.5) is 4.79 Å². The van der Waals surface area contributed by atoms with Gasteiger partial charge in [0.1, 0.15) is 0 Å². The molecule has 3 unspecified atom stereocenters. The summed E-state index contributed by atoms with van der Waals surface area (Å²) < 4.78 is 0. The fourth-order valence-electron chi connectivity index (χ4n) is 2.18. The molecule has 0 saturated heterocycles. The van der Waals surface area contributed by atoms with Crippen LogP contribution in [0.2, 0.25) is 0 Å². The third-order valence-electron chi connectivity index (χ3n) is 3.34. The van der Waals surface area contributed by atoms with Gasteiger partial charge in [0.05, 0.1) is 12.6 Å². The van der Waals surface area contributed by atoms with E-state index in [1.165, 1.54) is 12.8 Å². The molecule has 100 valence electrons. The fourth-order valence-corrected chi connectivity index (χ4v) is 3.01. The van der Waals surface area contributed by atoms with Crippen molar-refractivity contribution < 1.29 is 9.90 Å². The van der Waals surface area contributed by atoms with Gasteiger partial charge in [0.2, 0.25) is 0 Å². The quantitative estimate of drug-likeness (QED) is 0.705. The minimum Gasteiger partial charge on any atom is -0.394 e. The molecule has 17 heavy (non-hydrogen) atoms. The summed E-state index contributed by atoms with van der Waals surface area (Å²) in [6.07, 6.45) is 7.46. The van der Waals surface area contributed by atoms with E-state index >= 15 is 0 Å². The largest absolute Gasteiger partial charge is 0.394 e. The van der Waals surface area contributed by atoms with E-state index in [1.54, 1.807) is 0 Å². The molecule has 0 aliphatic heterocycles. The van der Waals surface area contributed by atoms with E-state index < -0.39 is 0 Å². The maximum Gasteiger partial charge on any atom is 0.315 e. The number of rotatable bonds is 5. The highest BCUT2D eigenvalue weighted by atomic mass is 32.2. The molecule has 0 aromatic rings. The van der Waals surface area contributed by atoms with Crippen molar-refractivity contribution in [2.75, 3.05) is 12.9 Å². The second-order valence-corrected chi connectivity index (χ2v) is 5.76. The molecule has 1 fully saturated rings. The van der Waals surface area contributed by atoms with E-state index in [4.69, 9.17) is 5.11 Å². The van der Waals surface area contributed by atoms with Gasteiger partial charge in [-0.15, -0.1) is 0 Å². The van der Waals surface area contributed by atoms with Gasteiger partial charge in [-0.25, -0.2) is 4.79 Å². The highest BCUT2D eigenvalue weighted by molar-refractivity contribution is 7.99. The topological polar surface area (TPSA) is 61.4 Å². The molecule has 1 saturated carbocycles. The Balaban J connectivity index is 2.30. The molecule has 1 aliphatic carbocycles. The van der Waals surface area contributed by atoms with Gasteiger partial charge in [0, 0.05) is 11.3 Å². The minimum absolute atomic E-state index is 0.00201. The number of carbonyl (C=O) groups is 1. The maximum atomic E-state index is 11.7. The zero-order valence-electron chi connectivity index (χ0n) is 10.7. The van der Waals surface area contributed by atoms with Crippen LogP contribution < -0.4 is 10.6 Å². The molecule has 0 aromatic carbocycles. The lowest BCUT2D eigenvalue weighted by Crippen LogP contribution is -2.48. The number of urea groups is 1. The first-order chi connectivity index (χ1) is 8.19. The first kappa shape index (κ1) is 14.6. The van der Waals surface area contributed by atoms with Crippen LogP contribution in [-0.4, -0.2) is 41.3 Å². The number of carbonyl (C=O) groups excluding carboxylic acids is 1. The van der Waals surface area contributed by atoms with Crippen LogP contribution in [0.25, 0.3) is 0 Å². The lowest BCUT2D eigenvalue weighted by molar-refractivity contribution is 0.209. The molecule has 0 heterocycles. The summed E-state index contributed by atoms with van der Waals surface area (Å²) in [4.78, 5) is 11.7. The predicted molar refractivity (Wildman–Crippen MR) is 72.4 cm³/mol. The molecule has 3 atom stereocenters. The van der Waals surface area contributed by atoms with Crippen molar-refractivity contribution in [3.8, 4) is 0 Å². The number of thioether (sulfide) groups is 1. The van der Waals surface area contributed by atoms with Crippen molar-refractivity contribution in [1.29, 1.82) is 0 Å². The Morgan fingerprint density at radius 3 is 2.88 bits per heavy atom. The highest BCUT2D eigenvalue weighted by Gasteiger charge is 2.22. The van der Waals surface area contributed by atoms with Gasteiger partial charge in [-0.3, -0.25) is 0 Å². The molecule has 5 heteroatoms. The van der Waals surface area contributed by atoms with Gasteiger partial charge in [0.15, 0.2) is 0 Å². The lowest BCUT2D eigenvalue weighted by atomic mass is 9.95. The van der Waals surface area contributed by atoms with Crippen LogP contribution in [0.5, 0.6) is 0 Å². The van der Waals surface area contributed by atoms with Gasteiger partial charge in [0.25, 0.3) is 0 Å². The summed E-state index contributed by atoms with van der Waals surface area (Å²) in [5.41, 5.74) is 0. The number of aliphatic hydroxyl groups is 1. The zero-order chi connectivity index (χ0) is 12.7. The number of hydrogen-bond acceptors (Lipinski definition) is 3. The van der Waals surface area contributed by atoms with Gasteiger partial charge < -0.3 is 15.7 Å². The molecular weight excluding hydrogens is 236 g/mol. The highest BCUT2D eigenvalue weighted by Crippen LogP contribution is 2.26. The van der Waals surface area contributed by atoms with Crippen molar-refractivity contribution >= 4 is 17.8 Å². The van der Waals surface area contributed by atoms with Crippen LogP contribution in [0.3, 0.4) is 0 Å². The van der Waals surface area contributed by atoms with Gasteiger partial charge >= 0.3 is 6.03 Å². The third kappa shape index (κ3) is 5.17. The molecule has 0 radical (unpaired) electrons. The lowest BCUT2D eigenvalue weighted by Gasteiger charge is -2.29. The molecule has 3 N–H and O–H groups in total. The Bertz CT molecular complexity index is 235. The Morgan fingerprint density at radius 1 is 1.53 bits per heavy atom. The van der Waals surface area contributed by atoms with E-state index in [0.29, 0.717) is 5.25 Å². The van der Waals surface area contributed by atoms with Crippen molar-refractivity contribution in [2.24, 2.45) is 0 Å². The molecule has 2 amide bonds. The van der Waals surface area contributed by atoms with E-state index in [9.17, 15) is 4.79 Å². The van der Waals surface area contributed by atoms with Gasteiger partial charge in [-0.1, -0.05) is 13.3 Å². The van der Waals surface area contributed by atoms with Crippen LogP contribution in [0, 0.1) is 0 Å². The van der Waals surface area contributed by atoms with Crippen molar-refractivity contribution in [2.45, 2.75) is 56.4 Å². The van der Waals surface area contributed by atoms with E-state index in [1.807, 2.05) is 18.7 Å². The summed E-state index contributed by atoms with van der Waals surface area (Å²) in [6, 6.07) is 0.0185. The maximum absolute atomic E-state index is 11.7. The zero-order valence-corrected chi connectivity index (χ0v) is 11.6. The Hall–Kier alpha value is -0.420. The fraction of sp³-hybridized carbons (Fsp3) is 0.917. The molecule has 1 rings (SSSR count). The van der Waals surface area contributed by atoms with Crippen molar-refractivity contribution in [3.05, 3.63) is 0 Å². The monoisotopic (exact) mass is 260 g/mol. The third-order valence-corrected chi connectivity index (χ3v) is 4.44. The average molecular weight is 260 g/mol. The number of aliphatic hydroxyl groups excluding tert-OH is 1. The molecule has 0 bridgehead atoms. The number of amides is 2. The SMILES string of the molecule is CCC(CO)NC(=O)NC1CCCC(SC)C1. The summed E-state index contributed by atoms with van der Waals surface area (Å²) in [5, 5.41) is 15.5. The van der Waals surface area contributed by atoms with E-state index in [0.717, 1.165) is 19.3 Å². The Morgan fingerprint density at radius 2 is 2.29 bits per heavy atom. The summed E-state index contributed by atoms with van der Waals surface area (Å²) in [7, 11) is 0. The minimum atomic E-state index is -0.141. The Kier molecular flexibility index (Phi) is 6.73. The molecule has 1 aliphatic rings. The number of hydrogen-bond donors (Lipinski definition) is 3. The van der Waals surface area contributed by atoms with Crippen molar-refractivity contribution in [3.63, 3.8) is 0 Å². The molecule has 4 nitrogen and oxygen atoms in total. The van der Waals surface area contributed by atoms with Crippen molar-refractivity contribution in [1.82, 2.24) is 10.6 Å². The smallest absolute Gasteiger partial charge is 0.315 e. The van der Waals surface area contributed by atoms with E-state index in [2.05, 4.69) is 16.9 Å². The second-order valence-electron chi connectivity index (χ2n) is 4.63. The van der Waals surface area contributed by atoms with E-state index in [-0.39, 0.29) is 24.7 Å². The van der Waals surface area contributed by atoms with Crippen LogP contribution >= 0.6 is 11.8 Å². The summed E-state index contributed by atoms with van der Waals surface area (Å²) in [6.45, 7) is 1.95. The standard InChI is InChI=1S/C12H24N2O2S/c1-3-9(8-15)13-12(16)14-10-5-4-6-11(7-10)17-2/h9-11,15H,3-8H2,1-2H3,(H2,13,14,16). The summed E-state index contributed by atoms with van der Waals surface area (Å²) in [5.74, 6) is 0. The van der Waals surface area contributed by atoms with Gasteiger partial charge in [-0.2, -0.15) is 11.8 Å². The number of nitrogens with one attached hydrogen (secondary N) is 2. The first-order valence-electron chi connectivity index (χ1n) is 6.40. The predicted octanol–water partition coefficient (Wildman–Crippen LogP) is 1.73. The van der Waals surface area contributed by atoms with Crippen LogP contribution in [-0.2, 0) is 0 Å². The molecule has 0 spiro atoms. The summed E-state index contributed by atoms with van der Waals surface area (Å²) >= 11 is 1.89. The van der Waals surface area contributed by atoms with Crippen LogP contribution in [0.1, 0.15) is 39.0 Å². The van der Waals surface area contributed by atoms with Crippen LogP contribution in [0.15, 0.2) is 0 Å². The van der Waals surface area contributed by atoms with Gasteiger partial charge in [-0.05, 0) is 31.9 Å². The second kappa shape index (κ2) is 7.82. The average Bonchev–Trinajstić information content (AvgIpc) is 2.36.